The molecule has 0 aliphatic carbocycles. The predicted molar refractivity (Wildman–Crippen MR) is 64.6 cm³/mol. The molecule has 0 bridgehead atoms. The first kappa shape index (κ1) is 15.5. The highest BCUT2D eigenvalue weighted by molar-refractivity contribution is 7.99. The van der Waals surface area contributed by atoms with E-state index in [0.29, 0.717) is 12.2 Å². The highest BCUT2D eigenvalue weighted by atomic mass is 32.2. The lowest BCUT2D eigenvalue weighted by Crippen LogP contribution is -2.49. The van der Waals surface area contributed by atoms with E-state index < -0.39 is 11.9 Å². The second-order valence-electron chi connectivity index (χ2n) is 2.87. The molecule has 0 saturated heterocycles. The van der Waals surface area contributed by atoms with Crippen LogP contribution < -0.4 is 27.4 Å². The second kappa shape index (κ2) is 9.73. The molecule has 0 rings (SSSR count). The summed E-state index contributed by atoms with van der Waals surface area (Å²) >= 11 is 1.63. The summed E-state index contributed by atoms with van der Waals surface area (Å²) < 4.78 is 0. The maximum Gasteiger partial charge on any atom is 0.333 e. The molecule has 98 valence electrons. The number of rotatable bonds is 6. The fraction of sp³-hybridized carbons (Fsp3) is 0.625. The molecule has 0 aromatic heterocycles. The van der Waals surface area contributed by atoms with Crippen LogP contribution in [0.3, 0.4) is 0 Å². The highest BCUT2D eigenvalue weighted by Crippen LogP contribution is 1.99. The number of nitrogens with one attached hydrogen (secondary N) is 4. The molecule has 17 heavy (non-hydrogen) atoms. The molecule has 0 radical (unpaired) electrons. The first-order chi connectivity index (χ1) is 8.10. The van der Waals surface area contributed by atoms with Gasteiger partial charge in [0.15, 0.2) is 0 Å². The zero-order chi connectivity index (χ0) is 13.1. The van der Waals surface area contributed by atoms with Crippen LogP contribution in [0.4, 0.5) is 4.79 Å². The van der Waals surface area contributed by atoms with Crippen LogP contribution in [0.1, 0.15) is 13.3 Å². The van der Waals surface area contributed by atoms with Crippen molar-refractivity contribution in [2.45, 2.75) is 13.3 Å². The minimum Gasteiger partial charge on any atom is -0.328 e. The van der Waals surface area contributed by atoms with Gasteiger partial charge in [0.05, 0.1) is 6.54 Å². The van der Waals surface area contributed by atoms with E-state index >= 15 is 0 Å². The summed E-state index contributed by atoms with van der Waals surface area (Å²) in [5.74, 6) is 5.62. The van der Waals surface area contributed by atoms with E-state index in [1.54, 1.807) is 11.8 Å². The van der Waals surface area contributed by atoms with Crippen molar-refractivity contribution < 1.29 is 14.4 Å². The van der Waals surface area contributed by atoms with E-state index in [0.717, 1.165) is 5.75 Å². The van der Waals surface area contributed by atoms with E-state index in [-0.39, 0.29) is 12.5 Å². The molecule has 4 amide bonds. The molecule has 0 fully saturated rings. The number of hydrogen-bond acceptors (Lipinski definition) is 5. The molecule has 0 unspecified atom stereocenters. The van der Waals surface area contributed by atoms with Gasteiger partial charge in [-0.2, -0.15) is 11.8 Å². The van der Waals surface area contributed by atoms with Crippen LogP contribution in [0.15, 0.2) is 0 Å². The smallest absolute Gasteiger partial charge is 0.328 e. The van der Waals surface area contributed by atoms with Crippen LogP contribution in [0, 0.1) is 0 Å². The SMILES string of the molecule is CCSCCC(=O)NNC(=O)NCC(=O)NN. The van der Waals surface area contributed by atoms with Gasteiger partial charge in [0.25, 0.3) is 5.91 Å². The molecule has 0 spiro atoms. The van der Waals surface area contributed by atoms with E-state index in [1.165, 1.54) is 0 Å². The Morgan fingerprint density at radius 2 is 1.88 bits per heavy atom. The zero-order valence-electron chi connectivity index (χ0n) is 9.54. The third-order valence-electron chi connectivity index (χ3n) is 1.56. The van der Waals surface area contributed by atoms with E-state index in [1.807, 2.05) is 12.3 Å². The fourth-order valence-corrected chi connectivity index (χ4v) is 1.37. The third kappa shape index (κ3) is 9.45. The molecule has 0 atom stereocenters. The number of hydrazine groups is 2. The van der Waals surface area contributed by atoms with Gasteiger partial charge in [-0.25, -0.2) is 16.1 Å². The molecule has 0 aliphatic heterocycles. The Hall–Kier alpha value is -1.48. The van der Waals surface area contributed by atoms with E-state index in [4.69, 9.17) is 5.84 Å². The van der Waals surface area contributed by atoms with Crippen LogP contribution in [0.25, 0.3) is 0 Å². The minimum atomic E-state index is -0.676. The topological polar surface area (TPSA) is 125 Å². The van der Waals surface area contributed by atoms with Crippen molar-refractivity contribution in [3.05, 3.63) is 0 Å². The Morgan fingerprint density at radius 3 is 2.47 bits per heavy atom. The van der Waals surface area contributed by atoms with Gasteiger partial charge in [-0.15, -0.1) is 0 Å². The van der Waals surface area contributed by atoms with Gasteiger partial charge in [-0.3, -0.25) is 20.4 Å². The fourth-order valence-electron chi connectivity index (χ4n) is 0.754. The monoisotopic (exact) mass is 263 g/mol. The molecule has 6 N–H and O–H groups in total. The lowest BCUT2D eigenvalue weighted by molar-refractivity contribution is -0.121. The van der Waals surface area contributed by atoms with E-state index in [2.05, 4.69) is 16.2 Å². The molecular weight excluding hydrogens is 246 g/mol. The number of amides is 4. The summed E-state index contributed by atoms with van der Waals surface area (Å²) in [6.45, 7) is 1.74. The van der Waals surface area contributed by atoms with E-state index in [9.17, 15) is 14.4 Å². The molecule has 0 saturated carbocycles. The molecule has 8 nitrogen and oxygen atoms in total. The second-order valence-corrected chi connectivity index (χ2v) is 4.26. The summed E-state index contributed by atoms with van der Waals surface area (Å²) in [5.41, 5.74) is 6.16. The maximum atomic E-state index is 11.2. The Morgan fingerprint density at radius 1 is 1.18 bits per heavy atom. The van der Waals surface area contributed by atoms with Gasteiger partial charge < -0.3 is 5.32 Å². The van der Waals surface area contributed by atoms with Crippen LogP contribution in [-0.2, 0) is 9.59 Å². The van der Waals surface area contributed by atoms with Gasteiger partial charge in [-0.05, 0) is 5.75 Å². The number of urea groups is 1. The lowest BCUT2D eigenvalue weighted by atomic mass is 10.5. The van der Waals surface area contributed by atoms with Crippen molar-refractivity contribution in [3.8, 4) is 0 Å². The van der Waals surface area contributed by atoms with Gasteiger partial charge in [0.1, 0.15) is 0 Å². The Labute approximate surface area is 103 Å². The van der Waals surface area contributed by atoms with Gasteiger partial charge in [-0.1, -0.05) is 6.92 Å². The minimum absolute atomic E-state index is 0.260. The number of carbonyl (C=O) groups excluding carboxylic acids is 3. The standard InChI is InChI=1S/C8H17N5O3S/c1-2-17-4-3-6(14)12-13-8(16)10-5-7(15)11-9/h2-5,9H2,1H3,(H,11,15)(H,12,14)(H2,10,13,16). The summed E-state index contributed by atoms with van der Waals surface area (Å²) in [6, 6.07) is -0.676. The van der Waals surface area contributed by atoms with Gasteiger partial charge in [0.2, 0.25) is 5.91 Å². The Balaban J connectivity index is 3.55. The number of thioether (sulfide) groups is 1. The maximum absolute atomic E-state index is 11.2. The first-order valence-corrected chi connectivity index (χ1v) is 6.15. The third-order valence-corrected chi connectivity index (χ3v) is 2.46. The van der Waals surface area contributed by atoms with Crippen LogP contribution in [0.5, 0.6) is 0 Å². The normalized spacial score (nSPS) is 9.29. The molecular formula is C8H17N5O3S. The molecule has 9 heteroatoms. The van der Waals surface area contributed by atoms with Crippen molar-refractivity contribution in [2.75, 3.05) is 18.1 Å². The summed E-state index contributed by atoms with van der Waals surface area (Å²) in [7, 11) is 0. The summed E-state index contributed by atoms with van der Waals surface area (Å²) in [5, 5.41) is 2.19. The number of hydrogen-bond donors (Lipinski definition) is 5. The average molecular weight is 263 g/mol. The summed E-state index contributed by atoms with van der Waals surface area (Å²) in [6.07, 6.45) is 0.322. The van der Waals surface area contributed by atoms with Crippen molar-refractivity contribution >= 4 is 29.6 Å². The molecule has 0 aliphatic rings. The molecule has 0 aromatic carbocycles. The van der Waals surface area contributed by atoms with Gasteiger partial charge >= 0.3 is 6.03 Å². The summed E-state index contributed by atoms with van der Waals surface area (Å²) in [4.78, 5) is 32.8. The predicted octanol–water partition coefficient (Wildman–Crippen LogP) is -1.55. The zero-order valence-corrected chi connectivity index (χ0v) is 10.4. The Bertz CT molecular complexity index is 274. The quantitative estimate of drug-likeness (QED) is 0.172. The van der Waals surface area contributed by atoms with Crippen molar-refractivity contribution in [1.82, 2.24) is 21.6 Å². The Kier molecular flexibility index (Phi) is 8.88. The lowest BCUT2D eigenvalue weighted by Gasteiger charge is -2.08. The van der Waals surface area contributed by atoms with Gasteiger partial charge in [0, 0.05) is 12.2 Å². The van der Waals surface area contributed by atoms with Crippen LogP contribution in [0.2, 0.25) is 0 Å². The van der Waals surface area contributed by atoms with Crippen LogP contribution in [-0.4, -0.2) is 35.9 Å². The highest BCUT2D eigenvalue weighted by Gasteiger charge is 2.05. The average Bonchev–Trinajstić information content (AvgIpc) is 2.33. The molecule has 0 aromatic rings. The number of carbonyl (C=O) groups is 3. The first-order valence-electron chi connectivity index (χ1n) is 5.00. The molecule has 0 heterocycles. The van der Waals surface area contributed by atoms with Crippen molar-refractivity contribution in [1.29, 1.82) is 0 Å². The van der Waals surface area contributed by atoms with Crippen molar-refractivity contribution in [2.24, 2.45) is 5.84 Å². The largest absolute Gasteiger partial charge is 0.333 e. The number of nitrogens with two attached hydrogens (primary N) is 1. The van der Waals surface area contributed by atoms with Crippen LogP contribution >= 0.6 is 11.8 Å². The van der Waals surface area contributed by atoms with Crippen molar-refractivity contribution in [3.63, 3.8) is 0 Å².